The van der Waals surface area contributed by atoms with Crippen LogP contribution in [0.25, 0.3) is 5.57 Å². The van der Waals surface area contributed by atoms with Crippen molar-refractivity contribution in [3.05, 3.63) is 68.6 Å². The van der Waals surface area contributed by atoms with E-state index in [1.54, 1.807) is 13.2 Å². The zero-order valence-corrected chi connectivity index (χ0v) is 15.8. The molecule has 1 aliphatic heterocycles. The molecule has 2 aliphatic rings. The van der Waals surface area contributed by atoms with Crippen LogP contribution in [-0.2, 0) is 4.79 Å². The third-order valence-electron chi connectivity index (χ3n) is 5.11. The van der Waals surface area contributed by atoms with Crippen molar-refractivity contribution in [3.63, 3.8) is 0 Å². The first-order valence-corrected chi connectivity index (χ1v) is 9.51. The Kier molecular flexibility index (Phi) is 4.79. The van der Waals surface area contributed by atoms with E-state index in [2.05, 4.69) is 10.3 Å². The van der Waals surface area contributed by atoms with E-state index in [-0.39, 0.29) is 17.5 Å². The number of amides is 1. The van der Waals surface area contributed by atoms with E-state index < -0.39 is 0 Å². The highest BCUT2D eigenvalue weighted by Gasteiger charge is 2.26. The number of halogens is 1. The summed E-state index contributed by atoms with van der Waals surface area (Å²) in [7, 11) is 1.57. The fourth-order valence-corrected chi connectivity index (χ4v) is 3.69. The lowest BCUT2D eigenvalue weighted by atomic mass is 9.98. The lowest BCUT2D eigenvalue weighted by molar-refractivity contribution is -0.119. The zero-order chi connectivity index (χ0) is 19.0. The van der Waals surface area contributed by atoms with Crippen LogP contribution in [0.1, 0.15) is 48.4 Å². The molecule has 0 spiro atoms. The van der Waals surface area contributed by atoms with Crippen molar-refractivity contribution in [2.75, 3.05) is 7.11 Å². The van der Waals surface area contributed by atoms with E-state index in [9.17, 15) is 9.59 Å². The number of rotatable bonds is 5. The first-order chi connectivity index (χ1) is 13.0. The standard InChI is InChI=1S/C21H21ClN2O3/c1-27-19-10-13(4-7-17(19)22)16(11-14-5-9-20(25)23-14)18-8-6-15(12-2-3-12)21(26)24-18/h4,6-8,10-12,14H,2-3,5,9H2,1H3,(H,23,25)(H,24,26)/b16-11+/t14-/m1/s1. The number of methoxy groups -OCH3 is 1. The van der Waals surface area contributed by atoms with Crippen molar-refractivity contribution in [2.24, 2.45) is 0 Å². The van der Waals surface area contributed by atoms with Gasteiger partial charge in [0, 0.05) is 29.3 Å². The highest BCUT2D eigenvalue weighted by atomic mass is 35.5. The van der Waals surface area contributed by atoms with Crippen molar-refractivity contribution in [1.29, 1.82) is 0 Å². The number of pyridine rings is 1. The summed E-state index contributed by atoms with van der Waals surface area (Å²) < 4.78 is 5.34. The van der Waals surface area contributed by atoms with Gasteiger partial charge in [0.15, 0.2) is 0 Å². The number of H-pyrrole nitrogens is 1. The highest BCUT2D eigenvalue weighted by molar-refractivity contribution is 6.32. The molecule has 2 heterocycles. The minimum atomic E-state index is -0.0687. The molecule has 1 saturated heterocycles. The Morgan fingerprint density at radius 2 is 2.00 bits per heavy atom. The predicted molar refractivity (Wildman–Crippen MR) is 105 cm³/mol. The van der Waals surface area contributed by atoms with Crippen LogP contribution in [-0.4, -0.2) is 24.0 Å². The summed E-state index contributed by atoms with van der Waals surface area (Å²) in [6.07, 6.45) is 5.39. The van der Waals surface area contributed by atoms with E-state index in [4.69, 9.17) is 16.3 Å². The first kappa shape index (κ1) is 17.9. The maximum atomic E-state index is 12.5. The van der Waals surface area contributed by atoms with E-state index in [0.717, 1.165) is 41.7 Å². The molecule has 2 aromatic rings. The number of ether oxygens (including phenoxy) is 1. The summed E-state index contributed by atoms with van der Waals surface area (Å²) >= 11 is 6.16. The quantitative estimate of drug-likeness (QED) is 0.827. The molecule has 5 nitrogen and oxygen atoms in total. The Labute approximate surface area is 162 Å². The molecular weight excluding hydrogens is 364 g/mol. The Bertz CT molecular complexity index is 976. The van der Waals surface area contributed by atoms with Gasteiger partial charge in [0.1, 0.15) is 5.75 Å². The second-order valence-electron chi connectivity index (χ2n) is 7.07. The molecule has 0 bridgehead atoms. The smallest absolute Gasteiger partial charge is 0.251 e. The molecule has 1 aromatic carbocycles. The van der Waals surface area contributed by atoms with E-state index >= 15 is 0 Å². The molecule has 27 heavy (non-hydrogen) atoms. The lowest BCUT2D eigenvalue weighted by Gasteiger charge is -2.14. The third kappa shape index (κ3) is 3.78. The van der Waals surface area contributed by atoms with Crippen molar-refractivity contribution in [1.82, 2.24) is 10.3 Å². The minimum Gasteiger partial charge on any atom is -0.495 e. The van der Waals surface area contributed by atoms with Crippen molar-refractivity contribution in [2.45, 2.75) is 37.6 Å². The average Bonchev–Trinajstić information content (AvgIpc) is 3.42. The molecular formula is C21H21ClN2O3. The number of carbonyl (C=O) groups is 1. The van der Waals surface area contributed by atoms with Gasteiger partial charge in [-0.15, -0.1) is 0 Å². The molecule has 6 heteroatoms. The molecule has 2 fully saturated rings. The summed E-state index contributed by atoms with van der Waals surface area (Å²) in [4.78, 5) is 27.1. The van der Waals surface area contributed by atoms with Gasteiger partial charge in [0.25, 0.3) is 5.56 Å². The number of aromatic nitrogens is 1. The van der Waals surface area contributed by atoms with Crippen molar-refractivity contribution < 1.29 is 9.53 Å². The van der Waals surface area contributed by atoms with Gasteiger partial charge >= 0.3 is 0 Å². The number of hydrogen-bond donors (Lipinski definition) is 2. The Morgan fingerprint density at radius 3 is 2.63 bits per heavy atom. The molecule has 1 aromatic heterocycles. The van der Waals surface area contributed by atoms with E-state index in [1.807, 2.05) is 30.3 Å². The van der Waals surface area contributed by atoms with Gasteiger partial charge in [0.2, 0.25) is 5.91 Å². The number of carbonyl (C=O) groups excluding carboxylic acids is 1. The van der Waals surface area contributed by atoms with Crippen LogP contribution in [0, 0.1) is 0 Å². The number of benzene rings is 1. The predicted octanol–water partition coefficient (Wildman–Crippen LogP) is 3.62. The van der Waals surface area contributed by atoms with Crippen molar-refractivity contribution in [3.8, 4) is 5.75 Å². The fourth-order valence-electron chi connectivity index (χ4n) is 3.49. The van der Waals surface area contributed by atoms with Gasteiger partial charge < -0.3 is 15.0 Å². The number of nitrogens with one attached hydrogen (secondary N) is 2. The summed E-state index contributed by atoms with van der Waals surface area (Å²) in [6.45, 7) is 0. The maximum absolute atomic E-state index is 12.5. The molecule has 4 rings (SSSR count). The third-order valence-corrected chi connectivity index (χ3v) is 5.42. The van der Waals surface area contributed by atoms with Crippen LogP contribution in [0.15, 0.2) is 41.2 Å². The first-order valence-electron chi connectivity index (χ1n) is 9.14. The van der Waals surface area contributed by atoms with Crippen LogP contribution in [0.2, 0.25) is 5.02 Å². The SMILES string of the molecule is COc1cc(/C(=C\[C@H]2CCC(=O)N2)c2ccc(C3CC3)c(=O)[nH]2)ccc1Cl. The molecule has 2 N–H and O–H groups in total. The van der Waals surface area contributed by atoms with Gasteiger partial charge in [-0.1, -0.05) is 29.8 Å². The van der Waals surface area contributed by atoms with E-state index in [1.165, 1.54) is 0 Å². The minimum absolute atomic E-state index is 0.0434. The van der Waals surface area contributed by atoms with Crippen molar-refractivity contribution >= 4 is 23.1 Å². The molecule has 1 aliphatic carbocycles. The van der Waals surface area contributed by atoms with Gasteiger partial charge in [0.05, 0.1) is 12.1 Å². The molecule has 0 radical (unpaired) electrons. The zero-order valence-electron chi connectivity index (χ0n) is 15.0. The number of hydrogen-bond acceptors (Lipinski definition) is 3. The molecule has 0 unspecified atom stereocenters. The number of aromatic amines is 1. The van der Waals surface area contributed by atoms with Crippen LogP contribution in [0.4, 0.5) is 0 Å². The Balaban J connectivity index is 1.78. The highest BCUT2D eigenvalue weighted by Crippen LogP contribution is 2.38. The van der Waals surface area contributed by atoms with Gasteiger partial charge in [-0.05, 0) is 48.9 Å². The van der Waals surface area contributed by atoms with Crippen LogP contribution in [0.5, 0.6) is 5.75 Å². The summed E-state index contributed by atoms with van der Waals surface area (Å²) in [5.41, 5.74) is 3.23. The normalized spacial score (nSPS) is 19.9. The molecule has 1 saturated carbocycles. The second kappa shape index (κ2) is 7.24. The molecule has 140 valence electrons. The summed E-state index contributed by atoms with van der Waals surface area (Å²) in [6, 6.07) is 9.30. The summed E-state index contributed by atoms with van der Waals surface area (Å²) in [5, 5.41) is 3.47. The molecule has 1 amide bonds. The summed E-state index contributed by atoms with van der Waals surface area (Å²) in [5.74, 6) is 0.995. The van der Waals surface area contributed by atoms with E-state index in [0.29, 0.717) is 23.1 Å². The fraction of sp³-hybridized carbons (Fsp3) is 0.333. The van der Waals surface area contributed by atoms with Crippen LogP contribution >= 0.6 is 11.6 Å². The second-order valence-corrected chi connectivity index (χ2v) is 7.48. The van der Waals surface area contributed by atoms with Gasteiger partial charge in [-0.2, -0.15) is 0 Å². The van der Waals surface area contributed by atoms with Gasteiger partial charge in [-0.25, -0.2) is 0 Å². The van der Waals surface area contributed by atoms with Gasteiger partial charge in [-0.3, -0.25) is 9.59 Å². The van der Waals surface area contributed by atoms with Crippen LogP contribution < -0.4 is 15.6 Å². The Morgan fingerprint density at radius 1 is 1.19 bits per heavy atom. The largest absolute Gasteiger partial charge is 0.495 e. The topological polar surface area (TPSA) is 71.2 Å². The maximum Gasteiger partial charge on any atom is 0.251 e. The monoisotopic (exact) mass is 384 g/mol. The lowest BCUT2D eigenvalue weighted by Crippen LogP contribution is -2.23. The average molecular weight is 385 g/mol. The molecule has 1 atom stereocenters. The Hall–Kier alpha value is -2.53. The van der Waals surface area contributed by atoms with Crippen LogP contribution in [0.3, 0.4) is 0 Å².